The van der Waals surface area contributed by atoms with Gasteiger partial charge >= 0.3 is 0 Å². The van der Waals surface area contributed by atoms with Gasteiger partial charge in [0, 0.05) is 11.6 Å². The molecule has 1 aromatic carbocycles. The van der Waals surface area contributed by atoms with Crippen LogP contribution in [0, 0.1) is 0 Å². The van der Waals surface area contributed by atoms with E-state index < -0.39 is 0 Å². The Balaban J connectivity index is 2.11. The molecule has 2 heteroatoms. The summed E-state index contributed by atoms with van der Waals surface area (Å²) in [5.41, 5.74) is 2.20. The number of rotatable bonds is 2. The zero-order chi connectivity index (χ0) is 11.8. The molecule has 0 amide bonds. The molecule has 17 heavy (non-hydrogen) atoms. The van der Waals surface area contributed by atoms with Crippen LogP contribution in [-0.4, -0.2) is 5.78 Å². The fourth-order valence-electron chi connectivity index (χ4n) is 2.44. The van der Waals surface area contributed by atoms with Crippen molar-refractivity contribution in [2.75, 3.05) is 0 Å². The lowest BCUT2D eigenvalue weighted by Gasteiger charge is -2.17. The van der Waals surface area contributed by atoms with Crippen molar-refractivity contribution in [1.82, 2.24) is 0 Å². The van der Waals surface area contributed by atoms with Gasteiger partial charge in [-0.3, -0.25) is 4.79 Å². The number of fused-ring (bicyclic) bond motifs is 3. The van der Waals surface area contributed by atoms with Crippen molar-refractivity contribution in [1.29, 1.82) is 0 Å². The second-order valence-corrected chi connectivity index (χ2v) is 4.23. The van der Waals surface area contributed by atoms with Gasteiger partial charge in [-0.25, -0.2) is 0 Å². The molecule has 84 valence electrons. The zero-order valence-corrected chi connectivity index (χ0v) is 9.35. The molecule has 0 radical (unpaired) electrons. The van der Waals surface area contributed by atoms with E-state index in [1.165, 1.54) is 0 Å². The molecule has 0 N–H and O–H groups in total. The second-order valence-electron chi connectivity index (χ2n) is 4.23. The summed E-state index contributed by atoms with van der Waals surface area (Å²) in [7, 11) is 0. The Hall–Kier alpha value is -2.09. The molecule has 0 fully saturated rings. The van der Waals surface area contributed by atoms with Gasteiger partial charge in [-0.15, -0.1) is 6.58 Å². The molecule has 0 saturated carbocycles. The molecule has 2 aliphatic rings. The fraction of sp³-hybridized carbons (Fsp3) is 0.133. The third-order valence-corrected chi connectivity index (χ3v) is 3.11. The Kier molecular flexibility index (Phi) is 2.22. The maximum absolute atomic E-state index is 11.6. The molecule has 2 nitrogen and oxygen atoms in total. The zero-order valence-electron chi connectivity index (χ0n) is 9.35. The number of benzene rings is 1. The minimum atomic E-state index is 0.000839. The van der Waals surface area contributed by atoms with E-state index in [1.807, 2.05) is 30.3 Å². The van der Waals surface area contributed by atoms with Crippen LogP contribution in [0.4, 0.5) is 0 Å². The topological polar surface area (TPSA) is 26.3 Å². The number of para-hydroxylation sites is 1. The number of allylic oxidation sites excluding steroid dienone is 4. The highest BCUT2D eigenvalue weighted by Crippen LogP contribution is 2.46. The van der Waals surface area contributed by atoms with Gasteiger partial charge in [-0.05, 0) is 24.1 Å². The maximum atomic E-state index is 11.6. The van der Waals surface area contributed by atoms with Crippen LogP contribution >= 0.6 is 0 Å². The monoisotopic (exact) mass is 224 g/mol. The molecule has 1 atom stereocenters. The second kappa shape index (κ2) is 3.74. The molecule has 0 bridgehead atoms. The first kappa shape index (κ1) is 10.1. The average Bonchev–Trinajstić information content (AvgIpc) is 2.67. The Morgan fingerprint density at radius 1 is 1.29 bits per heavy atom. The summed E-state index contributed by atoms with van der Waals surface area (Å²) < 4.78 is 5.72. The Labute approximate surface area is 99.9 Å². The maximum Gasteiger partial charge on any atom is 0.182 e. The van der Waals surface area contributed by atoms with E-state index in [0.29, 0.717) is 6.42 Å². The van der Waals surface area contributed by atoms with Crippen molar-refractivity contribution in [2.45, 2.75) is 12.3 Å². The van der Waals surface area contributed by atoms with Crippen molar-refractivity contribution in [2.24, 2.45) is 0 Å². The molecule has 1 heterocycles. The summed E-state index contributed by atoms with van der Waals surface area (Å²) >= 11 is 0. The van der Waals surface area contributed by atoms with Gasteiger partial charge in [0.25, 0.3) is 0 Å². The molecule has 1 aromatic rings. The summed E-state index contributed by atoms with van der Waals surface area (Å²) in [4.78, 5) is 11.6. The van der Waals surface area contributed by atoms with E-state index in [1.54, 1.807) is 12.2 Å². The molecule has 1 unspecified atom stereocenters. The van der Waals surface area contributed by atoms with E-state index in [9.17, 15) is 4.79 Å². The minimum Gasteiger partial charge on any atom is -0.460 e. The Morgan fingerprint density at radius 3 is 2.94 bits per heavy atom. The van der Waals surface area contributed by atoms with Crippen LogP contribution in [0.1, 0.15) is 17.9 Å². The van der Waals surface area contributed by atoms with Crippen LogP contribution in [0.3, 0.4) is 0 Å². The van der Waals surface area contributed by atoms with E-state index >= 15 is 0 Å². The minimum absolute atomic E-state index is 0.000839. The van der Waals surface area contributed by atoms with Crippen molar-refractivity contribution in [3.63, 3.8) is 0 Å². The Morgan fingerprint density at radius 2 is 2.12 bits per heavy atom. The smallest absolute Gasteiger partial charge is 0.182 e. The highest BCUT2D eigenvalue weighted by Gasteiger charge is 2.34. The van der Waals surface area contributed by atoms with Crippen LogP contribution in [0.25, 0.3) is 0 Å². The summed E-state index contributed by atoms with van der Waals surface area (Å²) in [6.45, 7) is 3.74. The molecule has 1 aliphatic heterocycles. The van der Waals surface area contributed by atoms with E-state index in [-0.39, 0.29) is 11.7 Å². The van der Waals surface area contributed by atoms with Gasteiger partial charge in [0.1, 0.15) is 11.5 Å². The molecular weight excluding hydrogens is 212 g/mol. The standard InChI is InChI=1S/C15H12O2/c1-2-5-10-8-11(16)9-14-15(10)12-6-3-4-7-13(12)17-14/h2-4,6-9,15H,1,5H2. The lowest BCUT2D eigenvalue weighted by Crippen LogP contribution is -2.11. The van der Waals surface area contributed by atoms with Gasteiger partial charge in [0.15, 0.2) is 5.78 Å². The van der Waals surface area contributed by atoms with Crippen molar-refractivity contribution in [3.8, 4) is 5.75 Å². The molecule has 0 aromatic heterocycles. The fourth-order valence-corrected chi connectivity index (χ4v) is 2.44. The van der Waals surface area contributed by atoms with Gasteiger partial charge in [0.05, 0.1) is 5.92 Å². The van der Waals surface area contributed by atoms with Crippen molar-refractivity contribution in [3.05, 3.63) is 66.0 Å². The van der Waals surface area contributed by atoms with E-state index in [2.05, 4.69) is 6.58 Å². The van der Waals surface area contributed by atoms with E-state index in [4.69, 9.17) is 4.74 Å². The first-order valence-electron chi connectivity index (χ1n) is 5.63. The van der Waals surface area contributed by atoms with Crippen molar-refractivity contribution < 1.29 is 9.53 Å². The van der Waals surface area contributed by atoms with Crippen LogP contribution in [-0.2, 0) is 4.79 Å². The van der Waals surface area contributed by atoms with Crippen LogP contribution in [0.5, 0.6) is 5.75 Å². The predicted molar refractivity (Wildman–Crippen MR) is 65.8 cm³/mol. The predicted octanol–water partition coefficient (Wildman–Crippen LogP) is 3.13. The number of ketones is 1. The van der Waals surface area contributed by atoms with Gasteiger partial charge < -0.3 is 4.74 Å². The normalized spacial score (nSPS) is 20.9. The van der Waals surface area contributed by atoms with Crippen LogP contribution in [0.15, 0.2) is 60.4 Å². The molecule has 3 rings (SSSR count). The largest absolute Gasteiger partial charge is 0.460 e. The lowest BCUT2D eigenvalue weighted by atomic mass is 9.85. The number of hydrogen-bond acceptors (Lipinski definition) is 2. The van der Waals surface area contributed by atoms with Crippen LogP contribution < -0.4 is 4.74 Å². The van der Waals surface area contributed by atoms with Gasteiger partial charge in [-0.1, -0.05) is 24.3 Å². The van der Waals surface area contributed by atoms with Crippen molar-refractivity contribution >= 4 is 5.78 Å². The lowest BCUT2D eigenvalue weighted by molar-refractivity contribution is -0.110. The Bertz CT molecular complexity index is 564. The summed E-state index contributed by atoms with van der Waals surface area (Å²) in [6.07, 6.45) is 5.81. The number of hydrogen-bond donors (Lipinski definition) is 0. The highest BCUT2D eigenvalue weighted by atomic mass is 16.5. The summed E-state index contributed by atoms with van der Waals surface area (Å²) in [5.74, 6) is 1.70. The SMILES string of the molecule is C=CCC1=CC(=O)C=C2Oc3ccccc3C12. The molecule has 1 aliphatic carbocycles. The molecular formula is C15H12O2. The highest BCUT2D eigenvalue weighted by molar-refractivity contribution is 6.02. The van der Waals surface area contributed by atoms with Gasteiger partial charge in [-0.2, -0.15) is 0 Å². The summed E-state index contributed by atoms with van der Waals surface area (Å²) in [5, 5.41) is 0. The third-order valence-electron chi connectivity index (χ3n) is 3.11. The first-order valence-corrected chi connectivity index (χ1v) is 5.63. The third kappa shape index (κ3) is 1.53. The van der Waals surface area contributed by atoms with Gasteiger partial charge in [0.2, 0.25) is 0 Å². The average molecular weight is 224 g/mol. The first-order chi connectivity index (χ1) is 8.29. The number of carbonyl (C=O) groups excluding carboxylic acids is 1. The number of ether oxygens (including phenoxy) is 1. The van der Waals surface area contributed by atoms with E-state index in [0.717, 1.165) is 22.6 Å². The summed E-state index contributed by atoms with van der Waals surface area (Å²) in [6, 6.07) is 7.92. The quantitative estimate of drug-likeness (QED) is 0.721. The van der Waals surface area contributed by atoms with Crippen LogP contribution in [0.2, 0.25) is 0 Å². The molecule has 0 saturated heterocycles. The number of carbonyl (C=O) groups is 1. The molecule has 0 spiro atoms.